The Morgan fingerprint density at radius 2 is 1.95 bits per heavy atom. The first-order chi connectivity index (χ1) is 9.47. The standard InChI is InChI=1S/C15H13Cl2FO2/c1-9(19)13-4-3-12(7-15(13)18)20-8-10-6-11(16)2-5-14(10)17/h2-7,9,19H,8H2,1H3/t9-/m1/s1. The van der Waals surface area contributed by atoms with Crippen LogP contribution in [0.5, 0.6) is 5.75 Å². The predicted octanol–water partition coefficient (Wildman–Crippen LogP) is 4.76. The SMILES string of the molecule is C[C@@H](O)c1ccc(OCc2cc(Cl)ccc2Cl)cc1F. The van der Waals surface area contributed by atoms with E-state index in [-0.39, 0.29) is 12.2 Å². The van der Waals surface area contributed by atoms with Gasteiger partial charge in [-0.2, -0.15) is 0 Å². The summed E-state index contributed by atoms with van der Waals surface area (Å²) in [5, 5.41) is 10.5. The Hall–Kier alpha value is -1.29. The first-order valence-corrected chi connectivity index (χ1v) is 6.77. The zero-order valence-corrected chi connectivity index (χ0v) is 12.2. The second-order valence-electron chi connectivity index (χ2n) is 4.38. The maximum Gasteiger partial charge on any atom is 0.132 e. The van der Waals surface area contributed by atoms with Gasteiger partial charge in [0, 0.05) is 27.2 Å². The van der Waals surface area contributed by atoms with Crippen LogP contribution in [-0.4, -0.2) is 5.11 Å². The highest BCUT2D eigenvalue weighted by molar-refractivity contribution is 6.33. The predicted molar refractivity (Wildman–Crippen MR) is 77.8 cm³/mol. The van der Waals surface area contributed by atoms with Crippen molar-refractivity contribution in [1.29, 1.82) is 0 Å². The Morgan fingerprint density at radius 3 is 2.60 bits per heavy atom. The molecule has 2 aromatic rings. The Labute approximate surface area is 126 Å². The maximum absolute atomic E-state index is 13.7. The van der Waals surface area contributed by atoms with Crippen LogP contribution in [-0.2, 0) is 6.61 Å². The molecule has 0 aliphatic rings. The molecule has 2 aromatic carbocycles. The fourth-order valence-corrected chi connectivity index (χ4v) is 2.12. The third kappa shape index (κ3) is 3.63. The van der Waals surface area contributed by atoms with Gasteiger partial charge in [0.15, 0.2) is 0 Å². The second-order valence-corrected chi connectivity index (χ2v) is 5.23. The molecule has 0 amide bonds. The molecule has 0 bridgehead atoms. The molecular formula is C15H13Cl2FO2. The van der Waals surface area contributed by atoms with Crippen molar-refractivity contribution >= 4 is 23.2 Å². The highest BCUT2D eigenvalue weighted by atomic mass is 35.5. The topological polar surface area (TPSA) is 29.5 Å². The fourth-order valence-electron chi connectivity index (χ4n) is 1.75. The summed E-state index contributed by atoms with van der Waals surface area (Å²) < 4.78 is 19.2. The summed E-state index contributed by atoms with van der Waals surface area (Å²) >= 11 is 11.9. The summed E-state index contributed by atoms with van der Waals surface area (Å²) in [5.74, 6) is -0.141. The summed E-state index contributed by atoms with van der Waals surface area (Å²) in [5.41, 5.74) is 0.956. The van der Waals surface area contributed by atoms with Gasteiger partial charge < -0.3 is 9.84 Å². The van der Waals surface area contributed by atoms with E-state index in [1.165, 1.54) is 19.1 Å². The van der Waals surface area contributed by atoms with Crippen LogP contribution in [0.25, 0.3) is 0 Å². The Morgan fingerprint density at radius 1 is 1.20 bits per heavy atom. The van der Waals surface area contributed by atoms with E-state index in [0.29, 0.717) is 15.8 Å². The van der Waals surface area contributed by atoms with E-state index in [1.807, 2.05) is 0 Å². The molecule has 106 valence electrons. The molecule has 0 heterocycles. The van der Waals surface area contributed by atoms with E-state index in [1.54, 1.807) is 24.3 Å². The van der Waals surface area contributed by atoms with Crippen molar-refractivity contribution in [3.63, 3.8) is 0 Å². The highest BCUT2D eigenvalue weighted by Gasteiger charge is 2.09. The zero-order valence-electron chi connectivity index (χ0n) is 10.7. The molecule has 1 N–H and O–H groups in total. The van der Waals surface area contributed by atoms with Crippen molar-refractivity contribution in [1.82, 2.24) is 0 Å². The molecule has 0 spiro atoms. The Kier molecular flexibility index (Phi) is 4.86. The monoisotopic (exact) mass is 314 g/mol. The van der Waals surface area contributed by atoms with Gasteiger partial charge in [0.2, 0.25) is 0 Å². The van der Waals surface area contributed by atoms with Crippen molar-refractivity contribution in [2.45, 2.75) is 19.6 Å². The molecule has 0 unspecified atom stereocenters. The highest BCUT2D eigenvalue weighted by Crippen LogP contribution is 2.25. The van der Waals surface area contributed by atoms with Crippen molar-refractivity contribution in [2.24, 2.45) is 0 Å². The van der Waals surface area contributed by atoms with Crippen LogP contribution in [0.15, 0.2) is 36.4 Å². The largest absolute Gasteiger partial charge is 0.489 e. The molecule has 0 radical (unpaired) electrons. The van der Waals surface area contributed by atoms with Gasteiger partial charge in [0.05, 0.1) is 6.10 Å². The lowest BCUT2D eigenvalue weighted by Gasteiger charge is -2.11. The minimum atomic E-state index is -0.855. The van der Waals surface area contributed by atoms with E-state index in [4.69, 9.17) is 27.9 Å². The number of hydrogen-bond acceptors (Lipinski definition) is 2. The molecule has 0 aliphatic carbocycles. The average molecular weight is 315 g/mol. The molecule has 2 rings (SSSR count). The molecule has 0 aromatic heterocycles. The number of benzene rings is 2. The number of hydrogen-bond donors (Lipinski definition) is 1. The van der Waals surface area contributed by atoms with E-state index in [2.05, 4.69) is 0 Å². The van der Waals surface area contributed by atoms with Crippen molar-refractivity contribution in [2.75, 3.05) is 0 Å². The number of aliphatic hydroxyl groups excluding tert-OH is 1. The lowest BCUT2D eigenvalue weighted by molar-refractivity contribution is 0.194. The molecule has 0 saturated carbocycles. The van der Waals surface area contributed by atoms with Crippen molar-refractivity contribution in [3.8, 4) is 5.75 Å². The van der Waals surface area contributed by atoms with E-state index in [9.17, 15) is 9.50 Å². The number of halogens is 3. The van der Waals surface area contributed by atoms with Crippen LogP contribution in [0.3, 0.4) is 0 Å². The van der Waals surface area contributed by atoms with Crippen molar-refractivity contribution < 1.29 is 14.2 Å². The van der Waals surface area contributed by atoms with E-state index < -0.39 is 11.9 Å². The van der Waals surface area contributed by atoms with Gasteiger partial charge in [0.1, 0.15) is 18.2 Å². The van der Waals surface area contributed by atoms with Gasteiger partial charge in [-0.1, -0.05) is 23.2 Å². The lowest BCUT2D eigenvalue weighted by Crippen LogP contribution is -1.99. The molecule has 5 heteroatoms. The minimum absolute atomic E-state index is 0.187. The van der Waals surface area contributed by atoms with Crippen LogP contribution >= 0.6 is 23.2 Å². The first kappa shape index (κ1) is 15.1. The van der Waals surface area contributed by atoms with E-state index in [0.717, 1.165) is 5.56 Å². The quantitative estimate of drug-likeness (QED) is 0.881. The molecule has 20 heavy (non-hydrogen) atoms. The minimum Gasteiger partial charge on any atom is -0.489 e. The van der Waals surface area contributed by atoms with Gasteiger partial charge in [-0.15, -0.1) is 0 Å². The third-order valence-electron chi connectivity index (χ3n) is 2.82. The van der Waals surface area contributed by atoms with Crippen LogP contribution in [0.1, 0.15) is 24.2 Å². The van der Waals surface area contributed by atoms with Crippen LogP contribution in [0, 0.1) is 5.82 Å². The summed E-state index contributed by atoms with van der Waals surface area (Å²) in [4.78, 5) is 0. The second kappa shape index (κ2) is 6.44. The fraction of sp³-hybridized carbons (Fsp3) is 0.200. The molecular weight excluding hydrogens is 302 g/mol. The normalized spacial score (nSPS) is 12.2. The van der Waals surface area contributed by atoms with Gasteiger partial charge in [-0.3, -0.25) is 0 Å². The lowest BCUT2D eigenvalue weighted by atomic mass is 10.1. The Bertz CT molecular complexity index is 615. The zero-order chi connectivity index (χ0) is 14.7. The number of aliphatic hydroxyl groups is 1. The summed E-state index contributed by atoms with van der Waals surface area (Å²) in [6, 6.07) is 9.40. The number of ether oxygens (including phenoxy) is 1. The summed E-state index contributed by atoms with van der Waals surface area (Å²) in [6.45, 7) is 1.69. The van der Waals surface area contributed by atoms with Crippen LogP contribution < -0.4 is 4.74 Å². The summed E-state index contributed by atoms with van der Waals surface area (Å²) in [7, 11) is 0. The Balaban J connectivity index is 2.11. The average Bonchev–Trinajstić information content (AvgIpc) is 2.39. The van der Waals surface area contributed by atoms with Gasteiger partial charge >= 0.3 is 0 Å². The van der Waals surface area contributed by atoms with Gasteiger partial charge in [-0.25, -0.2) is 4.39 Å². The molecule has 0 fully saturated rings. The summed E-state index contributed by atoms with van der Waals surface area (Å²) in [6.07, 6.45) is -0.855. The van der Waals surface area contributed by atoms with E-state index >= 15 is 0 Å². The molecule has 0 aliphatic heterocycles. The van der Waals surface area contributed by atoms with Gasteiger partial charge in [-0.05, 0) is 37.3 Å². The van der Waals surface area contributed by atoms with Gasteiger partial charge in [0.25, 0.3) is 0 Å². The molecule has 0 saturated heterocycles. The smallest absolute Gasteiger partial charge is 0.132 e. The maximum atomic E-state index is 13.7. The molecule has 2 nitrogen and oxygen atoms in total. The van der Waals surface area contributed by atoms with Crippen molar-refractivity contribution in [3.05, 3.63) is 63.4 Å². The molecule has 1 atom stereocenters. The number of rotatable bonds is 4. The first-order valence-electron chi connectivity index (χ1n) is 6.01. The third-order valence-corrected chi connectivity index (χ3v) is 3.43. The van der Waals surface area contributed by atoms with Crippen LogP contribution in [0.2, 0.25) is 10.0 Å². The van der Waals surface area contributed by atoms with Crippen LogP contribution in [0.4, 0.5) is 4.39 Å².